The van der Waals surface area contributed by atoms with Gasteiger partial charge in [0.05, 0.1) is 0 Å². The molecule has 0 aliphatic heterocycles. The van der Waals surface area contributed by atoms with Gasteiger partial charge in [0.25, 0.3) is 0 Å². The van der Waals surface area contributed by atoms with Gasteiger partial charge in [0.15, 0.2) is 0 Å². The van der Waals surface area contributed by atoms with Crippen LogP contribution >= 0.6 is 24.0 Å². The Balaban J connectivity index is 0.00000256. The molecule has 0 heterocycles. The van der Waals surface area contributed by atoms with Crippen LogP contribution in [0.5, 0.6) is 0 Å². The van der Waals surface area contributed by atoms with E-state index in [4.69, 9.17) is 17.3 Å². The highest BCUT2D eigenvalue weighted by atomic mass is 35.5. The lowest BCUT2D eigenvalue weighted by molar-refractivity contribution is 0.498. The summed E-state index contributed by atoms with van der Waals surface area (Å²) < 4.78 is 26.9. The maximum Gasteiger partial charge on any atom is 0.132 e. The molecule has 0 spiro atoms. The number of hydrogen-bond acceptors (Lipinski definition) is 1. The molecule has 98 valence electrons. The molecule has 5 heteroatoms. The molecule has 1 atom stereocenters. The first-order chi connectivity index (χ1) is 7.56. The lowest BCUT2D eigenvalue weighted by Crippen LogP contribution is -2.14. The predicted molar refractivity (Wildman–Crippen MR) is 69.7 cm³/mol. The van der Waals surface area contributed by atoms with Crippen LogP contribution < -0.4 is 5.73 Å². The third-order valence-corrected chi connectivity index (χ3v) is 2.75. The normalized spacial score (nSPS) is 12.1. The quantitative estimate of drug-likeness (QED) is 0.784. The van der Waals surface area contributed by atoms with Crippen LogP contribution in [0, 0.1) is 11.6 Å². The number of halogens is 4. The van der Waals surface area contributed by atoms with Gasteiger partial charge in [-0.25, -0.2) is 8.78 Å². The molecule has 1 rings (SSSR count). The zero-order valence-electron chi connectivity index (χ0n) is 9.68. The van der Waals surface area contributed by atoms with Crippen molar-refractivity contribution in [3.8, 4) is 0 Å². The van der Waals surface area contributed by atoms with Gasteiger partial charge in [0, 0.05) is 16.6 Å². The van der Waals surface area contributed by atoms with Gasteiger partial charge in [0.2, 0.25) is 0 Å². The first-order valence-corrected chi connectivity index (χ1v) is 5.84. The Labute approximate surface area is 112 Å². The summed E-state index contributed by atoms with van der Waals surface area (Å²) in [6.07, 6.45) is 3.53. The van der Waals surface area contributed by atoms with E-state index in [1.54, 1.807) is 0 Å². The molecule has 0 amide bonds. The first-order valence-electron chi connectivity index (χ1n) is 5.46. The largest absolute Gasteiger partial charge is 0.324 e. The molecule has 0 fully saturated rings. The third-order valence-electron chi connectivity index (χ3n) is 2.53. The maximum atomic E-state index is 13.5. The minimum absolute atomic E-state index is 0. The number of nitrogens with two attached hydrogens (primary N) is 1. The van der Waals surface area contributed by atoms with E-state index >= 15 is 0 Å². The molecule has 0 saturated carbocycles. The molecule has 0 radical (unpaired) electrons. The van der Waals surface area contributed by atoms with E-state index in [9.17, 15) is 8.78 Å². The molecule has 0 aliphatic carbocycles. The Morgan fingerprint density at radius 1 is 1.24 bits per heavy atom. The Hall–Kier alpha value is -0.380. The molecule has 1 nitrogen and oxygen atoms in total. The minimum Gasteiger partial charge on any atom is -0.324 e. The van der Waals surface area contributed by atoms with Gasteiger partial charge in [-0.3, -0.25) is 0 Å². The molecule has 1 aromatic carbocycles. The van der Waals surface area contributed by atoms with Gasteiger partial charge >= 0.3 is 0 Å². The summed E-state index contributed by atoms with van der Waals surface area (Å²) in [6, 6.07) is 1.60. The summed E-state index contributed by atoms with van der Waals surface area (Å²) in [5.41, 5.74) is 5.71. The highest BCUT2D eigenvalue weighted by Gasteiger charge is 2.17. The van der Waals surface area contributed by atoms with E-state index in [0.29, 0.717) is 6.42 Å². The van der Waals surface area contributed by atoms with Crippen LogP contribution in [0.15, 0.2) is 12.1 Å². The lowest BCUT2D eigenvalue weighted by atomic mass is 10.0. The lowest BCUT2D eigenvalue weighted by Gasteiger charge is -2.13. The first kappa shape index (κ1) is 16.6. The van der Waals surface area contributed by atoms with Crippen LogP contribution in [0.1, 0.15) is 44.2 Å². The van der Waals surface area contributed by atoms with Crippen molar-refractivity contribution < 1.29 is 8.78 Å². The fourth-order valence-corrected chi connectivity index (χ4v) is 1.86. The van der Waals surface area contributed by atoms with Gasteiger partial charge in [-0.05, 0) is 18.6 Å². The second-order valence-corrected chi connectivity index (χ2v) is 4.32. The predicted octanol–water partition coefficient (Wildman–Crippen LogP) is 4.62. The van der Waals surface area contributed by atoms with Crippen molar-refractivity contribution in [3.63, 3.8) is 0 Å². The second kappa shape index (κ2) is 7.85. The highest BCUT2D eigenvalue weighted by Crippen LogP contribution is 2.26. The second-order valence-electron chi connectivity index (χ2n) is 3.89. The Kier molecular flexibility index (Phi) is 7.68. The molecular formula is C12H17Cl2F2N. The summed E-state index contributed by atoms with van der Waals surface area (Å²) >= 11 is 5.53. The molecule has 1 aromatic rings. The standard InChI is InChI=1S/C12H16ClF2N.ClH/c1-2-3-4-5-11(16)12-9(14)6-8(13)7-10(12)15;/h6-7,11H,2-5,16H2,1H3;1H/t11-;/m0./s1. The molecule has 0 aromatic heterocycles. The number of benzene rings is 1. The summed E-state index contributed by atoms with van der Waals surface area (Å²) in [6.45, 7) is 2.06. The average molecular weight is 284 g/mol. The summed E-state index contributed by atoms with van der Waals surface area (Å²) in [4.78, 5) is 0. The summed E-state index contributed by atoms with van der Waals surface area (Å²) in [5, 5.41) is 0.0551. The van der Waals surface area contributed by atoms with E-state index in [1.807, 2.05) is 0 Å². The van der Waals surface area contributed by atoms with Crippen molar-refractivity contribution in [2.75, 3.05) is 0 Å². The maximum absolute atomic E-state index is 13.5. The van der Waals surface area contributed by atoms with Crippen molar-refractivity contribution in [1.29, 1.82) is 0 Å². The number of unbranched alkanes of at least 4 members (excludes halogenated alkanes) is 2. The van der Waals surface area contributed by atoms with Crippen molar-refractivity contribution in [2.45, 2.75) is 38.6 Å². The fraction of sp³-hybridized carbons (Fsp3) is 0.500. The highest BCUT2D eigenvalue weighted by molar-refractivity contribution is 6.30. The Morgan fingerprint density at radius 3 is 2.24 bits per heavy atom. The molecular weight excluding hydrogens is 267 g/mol. The molecule has 0 bridgehead atoms. The van der Waals surface area contributed by atoms with Crippen molar-refractivity contribution in [2.24, 2.45) is 5.73 Å². The van der Waals surface area contributed by atoms with Crippen LogP contribution in [0.2, 0.25) is 5.02 Å². The van der Waals surface area contributed by atoms with Gasteiger partial charge in [-0.2, -0.15) is 0 Å². The van der Waals surface area contributed by atoms with E-state index in [-0.39, 0.29) is 23.0 Å². The van der Waals surface area contributed by atoms with Gasteiger partial charge < -0.3 is 5.73 Å². The zero-order valence-corrected chi connectivity index (χ0v) is 11.3. The smallest absolute Gasteiger partial charge is 0.132 e. The SMILES string of the molecule is CCCCC[C@H](N)c1c(F)cc(Cl)cc1F.Cl. The molecule has 17 heavy (non-hydrogen) atoms. The zero-order chi connectivity index (χ0) is 12.1. The molecule has 0 unspecified atom stereocenters. The van der Waals surface area contributed by atoms with E-state index in [1.165, 1.54) is 0 Å². The Bertz CT molecular complexity index is 335. The average Bonchev–Trinajstić information content (AvgIpc) is 2.16. The van der Waals surface area contributed by atoms with Crippen LogP contribution in [-0.4, -0.2) is 0 Å². The van der Waals surface area contributed by atoms with E-state index < -0.39 is 17.7 Å². The fourth-order valence-electron chi connectivity index (χ4n) is 1.67. The van der Waals surface area contributed by atoms with Gasteiger partial charge in [0.1, 0.15) is 11.6 Å². The van der Waals surface area contributed by atoms with E-state index in [0.717, 1.165) is 31.4 Å². The minimum atomic E-state index is -0.658. The van der Waals surface area contributed by atoms with Crippen LogP contribution in [0.25, 0.3) is 0 Å². The van der Waals surface area contributed by atoms with Crippen LogP contribution in [0.4, 0.5) is 8.78 Å². The third kappa shape index (κ3) is 4.78. The molecule has 0 aliphatic rings. The van der Waals surface area contributed by atoms with Gasteiger partial charge in [-0.15, -0.1) is 12.4 Å². The van der Waals surface area contributed by atoms with Crippen molar-refractivity contribution >= 4 is 24.0 Å². The van der Waals surface area contributed by atoms with Gasteiger partial charge in [-0.1, -0.05) is 37.8 Å². The summed E-state index contributed by atoms with van der Waals surface area (Å²) in [7, 11) is 0. The van der Waals surface area contributed by atoms with Crippen molar-refractivity contribution in [3.05, 3.63) is 34.4 Å². The topological polar surface area (TPSA) is 26.0 Å². The monoisotopic (exact) mass is 283 g/mol. The number of hydrogen-bond donors (Lipinski definition) is 1. The molecule has 0 saturated heterocycles. The number of rotatable bonds is 5. The Morgan fingerprint density at radius 2 is 1.76 bits per heavy atom. The van der Waals surface area contributed by atoms with Crippen LogP contribution in [-0.2, 0) is 0 Å². The van der Waals surface area contributed by atoms with Crippen molar-refractivity contribution in [1.82, 2.24) is 0 Å². The van der Waals surface area contributed by atoms with E-state index in [2.05, 4.69) is 6.92 Å². The summed E-state index contributed by atoms with van der Waals surface area (Å²) in [5.74, 6) is -1.32. The molecule has 2 N–H and O–H groups in total. The van der Waals surface area contributed by atoms with Crippen LogP contribution in [0.3, 0.4) is 0 Å².